The topological polar surface area (TPSA) is 93.1 Å². The van der Waals surface area contributed by atoms with Crippen molar-refractivity contribution in [1.82, 2.24) is 0 Å². The fourth-order valence-corrected chi connectivity index (χ4v) is 3.37. The van der Waals surface area contributed by atoms with E-state index < -0.39 is 15.2 Å². The van der Waals surface area contributed by atoms with Gasteiger partial charge in [-0.2, -0.15) is 0 Å². The lowest BCUT2D eigenvalue weighted by molar-refractivity contribution is 0.222. The Bertz CT molecular complexity index is 398. The Morgan fingerprint density at radius 2 is 1.45 bits per heavy atom. The van der Waals surface area contributed by atoms with Crippen molar-refractivity contribution in [3.05, 3.63) is 24.3 Å². The van der Waals surface area contributed by atoms with Gasteiger partial charge in [0.2, 0.25) is 0 Å². The van der Waals surface area contributed by atoms with Crippen LogP contribution in [-0.4, -0.2) is 35.3 Å². The van der Waals surface area contributed by atoms with Gasteiger partial charge in [-0.05, 0) is 26.7 Å². The first-order valence-electron chi connectivity index (χ1n) is 7.39. The molecular formula is C14H30O6P2. The fraction of sp³-hybridized carbons (Fsp3) is 0.714. The van der Waals surface area contributed by atoms with Gasteiger partial charge in [0.15, 0.2) is 0 Å². The van der Waals surface area contributed by atoms with Crippen molar-refractivity contribution in [2.45, 2.75) is 40.5 Å². The zero-order valence-corrected chi connectivity index (χ0v) is 15.8. The van der Waals surface area contributed by atoms with Crippen molar-refractivity contribution in [2.75, 3.05) is 25.5 Å². The lowest BCUT2D eigenvalue weighted by Crippen LogP contribution is -1.97. The zero-order valence-electron chi connectivity index (χ0n) is 14.0. The predicted octanol–water partition coefficient (Wildman–Crippen LogP) is 4.35. The summed E-state index contributed by atoms with van der Waals surface area (Å²) < 4.78 is 31.9. The summed E-state index contributed by atoms with van der Waals surface area (Å²) in [5.74, 6) is 0. The Kier molecular flexibility index (Phi) is 14.5. The van der Waals surface area contributed by atoms with Crippen LogP contribution in [0.5, 0.6) is 0 Å². The van der Waals surface area contributed by atoms with Crippen LogP contribution in [0.15, 0.2) is 24.3 Å². The molecule has 0 aromatic carbocycles. The normalized spacial score (nSPS) is 11.4. The molecule has 0 aromatic heterocycles. The highest BCUT2D eigenvalue weighted by atomic mass is 31.2. The molecule has 0 heterocycles. The molecule has 0 atom stereocenters. The molecule has 0 fully saturated rings. The van der Waals surface area contributed by atoms with E-state index in [1.54, 1.807) is 26.0 Å². The molecule has 0 amide bonds. The summed E-state index contributed by atoms with van der Waals surface area (Å²) in [5, 5.41) is 0. The molecule has 0 aliphatic rings. The maximum absolute atomic E-state index is 11.5. The fourth-order valence-electron chi connectivity index (χ4n) is 1.48. The molecule has 2 N–H and O–H groups in total. The van der Waals surface area contributed by atoms with Crippen LogP contribution in [0, 0.1) is 0 Å². The number of hydrogen-bond acceptors (Lipinski definition) is 4. The van der Waals surface area contributed by atoms with Gasteiger partial charge in [0, 0.05) is 0 Å². The van der Waals surface area contributed by atoms with Crippen LogP contribution in [0.25, 0.3) is 0 Å². The van der Waals surface area contributed by atoms with Crippen molar-refractivity contribution in [3.8, 4) is 0 Å². The van der Waals surface area contributed by atoms with E-state index >= 15 is 0 Å². The number of rotatable bonds is 10. The van der Waals surface area contributed by atoms with Gasteiger partial charge in [-0.25, -0.2) is 0 Å². The minimum Gasteiger partial charge on any atom is -0.324 e. The summed E-state index contributed by atoms with van der Waals surface area (Å²) in [6.45, 7) is 11.8. The molecule has 0 radical (unpaired) electrons. The van der Waals surface area contributed by atoms with E-state index in [4.69, 9.17) is 18.8 Å². The lowest BCUT2D eigenvalue weighted by Gasteiger charge is -2.14. The van der Waals surface area contributed by atoms with Gasteiger partial charge < -0.3 is 18.8 Å². The van der Waals surface area contributed by atoms with E-state index in [1.807, 2.05) is 13.8 Å². The molecule has 0 bridgehead atoms. The molecule has 0 rings (SSSR count). The second-order valence-electron chi connectivity index (χ2n) is 4.33. The largest absolute Gasteiger partial charge is 0.334 e. The summed E-state index contributed by atoms with van der Waals surface area (Å²) in [4.78, 5) is 17.0. The van der Waals surface area contributed by atoms with Gasteiger partial charge in [0.25, 0.3) is 0 Å². The smallest absolute Gasteiger partial charge is 0.324 e. The standard InChI is InChI=1S/2C7H15O3P/c1-4-7-11(8,9-5-2)10-6-3;1-3-7(4-2)5-6-11(8,9)10/h4H,1,5-7H2,2-3H3;5H,3-4,6H2,1-2H3,(H2,8,9,10). The SMILES string of the molecule is C=CCP(=O)(OCC)OCC.CCC(=CCP(=O)(O)O)CC. The minimum atomic E-state index is -3.82. The molecule has 0 saturated heterocycles. The summed E-state index contributed by atoms with van der Waals surface area (Å²) in [7, 11) is -6.66. The van der Waals surface area contributed by atoms with E-state index in [1.165, 1.54) is 0 Å². The Labute approximate surface area is 134 Å². The molecule has 0 aliphatic heterocycles. The molecule has 6 nitrogen and oxygen atoms in total. The highest BCUT2D eigenvalue weighted by Crippen LogP contribution is 2.47. The predicted molar refractivity (Wildman–Crippen MR) is 91.5 cm³/mol. The van der Waals surface area contributed by atoms with E-state index in [-0.39, 0.29) is 12.3 Å². The van der Waals surface area contributed by atoms with Gasteiger partial charge in [0.1, 0.15) is 0 Å². The first kappa shape index (κ1) is 24.0. The molecule has 0 unspecified atom stereocenters. The van der Waals surface area contributed by atoms with Crippen molar-refractivity contribution in [2.24, 2.45) is 0 Å². The van der Waals surface area contributed by atoms with E-state index in [2.05, 4.69) is 6.58 Å². The maximum Gasteiger partial charge on any atom is 0.334 e. The second kappa shape index (κ2) is 13.2. The number of allylic oxidation sites excluding steroid dienone is 3. The number of hydrogen-bond donors (Lipinski definition) is 2. The summed E-state index contributed by atoms with van der Waals surface area (Å²) in [6.07, 6.45) is 5.10. The highest BCUT2D eigenvalue weighted by molar-refractivity contribution is 7.54. The van der Waals surface area contributed by atoms with Crippen LogP contribution < -0.4 is 0 Å². The molecule has 8 heteroatoms. The summed E-state index contributed by atoms with van der Waals surface area (Å²) >= 11 is 0. The van der Waals surface area contributed by atoms with Gasteiger partial charge in [-0.15, -0.1) is 6.58 Å². The van der Waals surface area contributed by atoms with Crippen LogP contribution in [0.2, 0.25) is 0 Å². The monoisotopic (exact) mass is 356 g/mol. The third kappa shape index (κ3) is 14.7. The summed E-state index contributed by atoms with van der Waals surface area (Å²) in [6, 6.07) is 0. The second-order valence-corrected chi connectivity index (χ2v) is 8.13. The zero-order chi connectivity index (χ0) is 17.6. The van der Waals surface area contributed by atoms with Crippen LogP contribution in [0.1, 0.15) is 40.5 Å². The molecule has 0 aliphatic carbocycles. The minimum absolute atomic E-state index is 0.121. The Morgan fingerprint density at radius 1 is 1.00 bits per heavy atom. The highest BCUT2D eigenvalue weighted by Gasteiger charge is 2.20. The molecule has 132 valence electrons. The Morgan fingerprint density at radius 3 is 1.73 bits per heavy atom. The molecule has 0 spiro atoms. The first-order valence-corrected chi connectivity index (χ1v) is 10.9. The van der Waals surface area contributed by atoms with Crippen LogP contribution in [0.4, 0.5) is 0 Å². The summed E-state index contributed by atoms with van der Waals surface area (Å²) in [5.41, 5.74) is 1.10. The Hall–Kier alpha value is -0.220. The van der Waals surface area contributed by atoms with Crippen LogP contribution in [-0.2, 0) is 18.2 Å². The maximum atomic E-state index is 11.5. The van der Waals surface area contributed by atoms with Crippen LogP contribution >= 0.6 is 15.2 Å². The average molecular weight is 356 g/mol. The quantitative estimate of drug-likeness (QED) is 0.446. The lowest BCUT2D eigenvalue weighted by atomic mass is 10.1. The molecule has 22 heavy (non-hydrogen) atoms. The van der Waals surface area contributed by atoms with Gasteiger partial charge >= 0.3 is 15.2 Å². The third-order valence-electron chi connectivity index (χ3n) is 2.53. The van der Waals surface area contributed by atoms with Crippen molar-refractivity contribution in [1.29, 1.82) is 0 Å². The average Bonchev–Trinajstić information content (AvgIpc) is 2.40. The van der Waals surface area contributed by atoms with Crippen molar-refractivity contribution >= 4 is 15.2 Å². The molecule has 0 saturated carbocycles. The van der Waals surface area contributed by atoms with Crippen molar-refractivity contribution in [3.63, 3.8) is 0 Å². The van der Waals surface area contributed by atoms with E-state index in [0.717, 1.165) is 18.4 Å². The molecular weight excluding hydrogens is 326 g/mol. The van der Waals surface area contributed by atoms with Gasteiger partial charge in [0.05, 0.1) is 25.5 Å². The van der Waals surface area contributed by atoms with Gasteiger partial charge in [-0.3, -0.25) is 9.13 Å². The van der Waals surface area contributed by atoms with E-state index in [9.17, 15) is 9.13 Å². The van der Waals surface area contributed by atoms with E-state index in [0.29, 0.717) is 13.2 Å². The van der Waals surface area contributed by atoms with Gasteiger partial charge in [-0.1, -0.05) is 31.6 Å². The van der Waals surface area contributed by atoms with Crippen molar-refractivity contribution < 1.29 is 28.0 Å². The first-order chi connectivity index (χ1) is 10.2. The third-order valence-corrected chi connectivity index (χ3v) is 5.20. The Balaban J connectivity index is 0. The molecule has 0 aromatic rings. The van der Waals surface area contributed by atoms with Crippen LogP contribution in [0.3, 0.4) is 0 Å².